The molecule has 0 saturated heterocycles. The molecule has 0 radical (unpaired) electrons. The molecule has 1 N–H and O–H groups in total. The van der Waals surface area contributed by atoms with Gasteiger partial charge in [-0.05, 0) is 18.6 Å². The van der Waals surface area contributed by atoms with Crippen molar-refractivity contribution >= 4 is 11.9 Å². The summed E-state index contributed by atoms with van der Waals surface area (Å²) >= 11 is 0. The predicted molar refractivity (Wildman–Crippen MR) is 58.7 cm³/mol. The van der Waals surface area contributed by atoms with Gasteiger partial charge in [0.2, 0.25) is 0 Å². The van der Waals surface area contributed by atoms with Crippen LogP contribution in [-0.4, -0.2) is 17.0 Å². The number of benzene rings is 1. The number of carbonyl (C=O) groups is 2. The van der Waals surface area contributed by atoms with Gasteiger partial charge in [-0.2, -0.15) is 0 Å². The van der Waals surface area contributed by atoms with Gasteiger partial charge < -0.3 is 9.84 Å². The number of aromatic carboxylic acids is 1. The molecule has 1 rings (SSSR count). The Bertz CT molecular complexity index is 409. The fourth-order valence-electron chi connectivity index (χ4n) is 1.52. The van der Waals surface area contributed by atoms with Gasteiger partial charge in [0.25, 0.3) is 0 Å². The first-order chi connectivity index (χ1) is 7.56. The van der Waals surface area contributed by atoms with E-state index in [4.69, 9.17) is 9.84 Å². The number of hydrogen-bond donors (Lipinski definition) is 1. The largest absolute Gasteiger partial charge is 0.478 e. The fourth-order valence-corrected chi connectivity index (χ4v) is 1.52. The molecule has 1 aromatic carbocycles. The monoisotopic (exact) mass is 222 g/mol. The highest BCUT2D eigenvalue weighted by Crippen LogP contribution is 2.24. The maximum absolute atomic E-state index is 11.0. The molecule has 0 spiro atoms. The zero-order chi connectivity index (χ0) is 12.1. The third-order valence-electron chi connectivity index (χ3n) is 2.12. The van der Waals surface area contributed by atoms with Crippen LogP contribution in [0.2, 0.25) is 0 Å². The molecule has 0 aliphatic carbocycles. The van der Waals surface area contributed by atoms with Crippen LogP contribution in [0, 0.1) is 0 Å². The van der Waals surface area contributed by atoms with Gasteiger partial charge in [0.05, 0.1) is 5.56 Å². The number of hydrogen-bond acceptors (Lipinski definition) is 3. The predicted octanol–water partition coefficient (Wildman–Crippen LogP) is 2.26. The van der Waals surface area contributed by atoms with Crippen molar-refractivity contribution in [3.05, 3.63) is 29.3 Å². The Kier molecular flexibility index (Phi) is 4.05. The maximum atomic E-state index is 11.0. The third-order valence-corrected chi connectivity index (χ3v) is 2.12. The van der Waals surface area contributed by atoms with E-state index in [2.05, 4.69) is 0 Å². The van der Waals surface area contributed by atoms with Crippen molar-refractivity contribution in [3.8, 4) is 5.75 Å². The second-order valence-corrected chi connectivity index (χ2v) is 3.43. The molecule has 0 aromatic heterocycles. The summed E-state index contributed by atoms with van der Waals surface area (Å²) in [7, 11) is 0. The Balaban J connectivity index is 3.20. The number of carboxylic acids is 1. The first-order valence-electron chi connectivity index (χ1n) is 5.09. The van der Waals surface area contributed by atoms with E-state index >= 15 is 0 Å². The molecule has 0 aliphatic rings. The molecule has 0 fully saturated rings. The van der Waals surface area contributed by atoms with Crippen LogP contribution in [0.3, 0.4) is 0 Å². The third kappa shape index (κ3) is 2.82. The second-order valence-electron chi connectivity index (χ2n) is 3.43. The lowest BCUT2D eigenvalue weighted by atomic mass is 10.0. The molecule has 0 aliphatic heterocycles. The minimum Gasteiger partial charge on any atom is -0.478 e. The first-order valence-corrected chi connectivity index (χ1v) is 5.09. The molecule has 0 heterocycles. The zero-order valence-corrected chi connectivity index (χ0v) is 9.32. The Labute approximate surface area is 93.9 Å². The van der Waals surface area contributed by atoms with Crippen LogP contribution in [0.25, 0.3) is 0 Å². The minimum atomic E-state index is -1.00. The van der Waals surface area contributed by atoms with E-state index in [9.17, 15) is 9.59 Å². The summed E-state index contributed by atoms with van der Waals surface area (Å²) in [5.41, 5.74) is 0.772. The Morgan fingerprint density at radius 1 is 1.38 bits per heavy atom. The molecule has 0 atom stereocenters. The summed E-state index contributed by atoms with van der Waals surface area (Å²) in [6, 6.07) is 4.69. The van der Waals surface area contributed by atoms with E-state index in [-0.39, 0.29) is 5.56 Å². The Hall–Kier alpha value is -1.84. The van der Waals surface area contributed by atoms with Crippen molar-refractivity contribution in [2.24, 2.45) is 0 Å². The smallest absolute Gasteiger partial charge is 0.336 e. The summed E-state index contributed by atoms with van der Waals surface area (Å²) in [6.45, 7) is 3.24. The summed E-state index contributed by atoms with van der Waals surface area (Å²) in [5, 5.41) is 9.01. The average molecular weight is 222 g/mol. The highest BCUT2D eigenvalue weighted by Gasteiger charge is 2.14. The van der Waals surface area contributed by atoms with Crippen LogP contribution in [0.15, 0.2) is 18.2 Å². The molecular formula is C12H14O4. The van der Waals surface area contributed by atoms with Gasteiger partial charge in [0.1, 0.15) is 5.75 Å². The van der Waals surface area contributed by atoms with Crippen molar-refractivity contribution in [2.45, 2.75) is 26.7 Å². The van der Waals surface area contributed by atoms with Gasteiger partial charge in [0.15, 0.2) is 0 Å². The van der Waals surface area contributed by atoms with Crippen molar-refractivity contribution < 1.29 is 19.4 Å². The van der Waals surface area contributed by atoms with Crippen LogP contribution in [-0.2, 0) is 11.2 Å². The van der Waals surface area contributed by atoms with E-state index < -0.39 is 11.9 Å². The molecule has 0 amide bonds. The lowest BCUT2D eigenvalue weighted by molar-refractivity contribution is -0.131. The van der Waals surface area contributed by atoms with Gasteiger partial charge in [0, 0.05) is 12.5 Å². The van der Waals surface area contributed by atoms with Crippen LogP contribution < -0.4 is 4.74 Å². The van der Waals surface area contributed by atoms with Gasteiger partial charge in [-0.15, -0.1) is 0 Å². The van der Waals surface area contributed by atoms with Crippen LogP contribution in [0.5, 0.6) is 5.75 Å². The quantitative estimate of drug-likeness (QED) is 0.627. The van der Waals surface area contributed by atoms with E-state index in [1.54, 1.807) is 12.1 Å². The van der Waals surface area contributed by atoms with Gasteiger partial charge >= 0.3 is 11.9 Å². The average Bonchev–Trinajstić information content (AvgIpc) is 2.19. The second kappa shape index (κ2) is 5.30. The highest BCUT2D eigenvalue weighted by atomic mass is 16.5. The van der Waals surface area contributed by atoms with E-state index in [1.807, 2.05) is 6.92 Å². The van der Waals surface area contributed by atoms with Crippen molar-refractivity contribution in [2.75, 3.05) is 0 Å². The number of rotatable bonds is 4. The summed E-state index contributed by atoms with van der Waals surface area (Å²) in [6.07, 6.45) is 1.36. The van der Waals surface area contributed by atoms with Crippen molar-refractivity contribution in [1.29, 1.82) is 0 Å². The SMILES string of the molecule is CCCc1c(OC(C)=O)cccc1C(=O)O. The molecule has 86 valence electrons. The maximum Gasteiger partial charge on any atom is 0.336 e. The molecule has 4 heteroatoms. The molecule has 4 nitrogen and oxygen atoms in total. The number of carboxylic acid groups (broad SMARTS) is 1. The fraction of sp³-hybridized carbons (Fsp3) is 0.333. The van der Waals surface area contributed by atoms with E-state index in [0.29, 0.717) is 17.7 Å². The lowest BCUT2D eigenvalue weighted by Crippen LogP contribution is -2.08. The van der Waals surface area contributed by atoms with Gasteiger partial charge in [-0.1, -0.05) is 19.4 Å². The highest BCUT2D eigenvalue weighted by molar-refractivity contribution is 5.90. The van der Waals surface area contributed by atoms with Crippen LogP contribution >= 0.6 is 0 Å². The Morgan fingerprint density at radius 2 is 2.06 bits per heavy atom. The van der Waals surface area contributed by atoms with Gasteiger partial charge in [-0.3, -0.25) is 4.79 Å². The number of carbonyl (C=O) groups excluding carboxylic acids is 1. The van der Waals surface area contributed by atoms with E-state index in [0.717, 1.165) is 6.42 Å². The number of esters is 1. The van der Waals surface area contributed by atoms with Crippen molar-refractivity contribution in [3.63, 3.8) is 0 Å². The topological polar surface area (TPSA) is 63.6 Å². The Morgan fingerprint density at radius 3 is 2.56 bits per heavy atom. The van der Waals surface area contributed by atoms with Gasteiger partial charge in [-0.25, -0.2) is 4.79 Å². The summed E-state index contributed by atoms with van der Waals surface area (Å²) in [4.78, 5) is 21.9. The molecular weight excluding hydrogens is 208 g/mol. The molecule has 16 heavy (non-hydrogen) atoms. The molecule has 1 aromatic rings. The lowest BCUT2D eigenvalue weighted by Gasteiger charge is -2.10. The number of ether oxygens (including phenoxy) is 1. The normalized spacial score (nSPS) is 9.88. The van der Waals surface area contributed by atoms with Crippen LogP contribution in [0.4, 0.5) is 0 Å². The minimum absolute atomic E-state index is 0.195. The first kappa shape index (κ1) is 12.2. The van der Waals surface area contributed by atoms with Crippen LogP contribution in [0.1, 0.15) is 36.2 Å². The summed E-state index contributed by atoms with van der Waals surface area (Å²) < 4.78 is 4.99. The van der Waals surface area contributed by atoms with Crippen molar-refractivity contribution in [1.82, 2.24) is 0 Å². The molecule has 0 saturated carbocycles. The molecule has 0 bridgehead atoms. The molecule has 0 unspecified atom stereocenters. The van der Waals surface area contributed by atoms with E-state index in [1.165, 1.54) is 13.0 Å². The summed E-state index contributed by atoms with van der Waals surface area (Å²) in [5.74, 6) is -1.11. The zero-order valence-electron chi connectivity index (χ0n) is 9.32. The standard InChI is InChI=1S/C12H14O4/c1-3-5-9-10(12(14)15)6-4-7-11(9)16-8(2)13/h4,6-7H,3,5H2,1-2H3,(H,14,15).